The summed E-state index contributed by atoms with van der Waals surface area (Å²) >= 11 is 0. The van der Waals surface area contributed by atoms with Crippen LogP contribution in [0.1, 0.15) is 48.9 Å². The van der Waals surface area contributed by atoms with Crippen LogP contribution in [0, 0.1) is 5.92 Å². The lowest BCUT2D eigenvalue weighted by Gasteiger charge is -2.21. The van der Waals surface area contributed by atoms with Gasteiger partial charge in [0.2, 0.25) is 0 Å². The molecule has 0 atom stereocenters. The Labute approximate surface area is 119 Å². The highest BCUT2D eigenvalue weighted by atomic mass is 16.5. The molecule has 1 aliphatic carbocycles. The number of esters is 1. The quantitative estimate of drug-likeness (QED) is 0.809. The highest BCUT2D eigenvalue weighted by Gasteiger charge is 2.15. The van der Waals surface area contributed by atoms with E-state index in [1.54, 1.807) is 12.3 Å². The van der Waals surface area contributed by atoms with Gasteiger partial charge in [-0.3, -0.25) is 0 Å². The zero-order chi connectivity index (χ0) is 14.4. The zero-order valence-corrected chi connectivity index (χ0v) is 12.0. The molecule has 5 nitrogen and oxygen atoms in total. The van der Waals surface area contributed by atoms with Gasteiger partial charge in [0.15, 0.2) is 0 Å². The smallest absolute Gasteiger partial charge is 0.340 e. The van der Waals surface area contributed by atoms with Crippen LogP contribution in [0.4, 0.5) is 11.5 Å². The van der Waals surface area contributed by atoms with E-state index in [2.05, 4.69) is 10.3 Å². The van der Waals surface area contributed by atoms with Gasteiger partial charge >= 0.3 is 5.97 Å². The van der Waals surface area contributed by atoms with Crippen LogP contribution < -0.4 is 11.1 Å². The highest BCUT2D eigenvalue weighted by Crippen LogP contribution is 2.27. The summed E-state index contributed by atoms with van der Waals surface area (Å²) in [5.41, 5.74) is 6.68. The van der Waals surface area contributed by atoms with E-state index in [0.29, 0.717) is 17.1 Å². The second-order valence-corrected chi connectivity index (χ2v) is 5.33. The van der Waals surface area contributed by atoms with Crippen molar-refractivity contribution in [2.24, 2.45) is 5.92 Å². The molecule has 0 bridgehead atoms. The topological polar surface area (TPSA) is 77.2 Å². The fourth-order valence-electron chi connectivity index (χ4n) is 2.77. The largest absolute Gasteiger partial charge is 0.465 e. The molecule has 0 radical (unpaired) electrons. The number of anilines is 2. The van der Waals surface area contributed by atoms with E-state index in [1.807, 2.05) is 0 Å². The monoisotopic (exact) mass is 277 g/mol. The zero-order valence-electron chi connectivity index (χ0n) is 12.0. The number of pyridine rings is 1. The summed E-state index contributed by atoms with van der Waals surface area (Å²) in [6.07, 6.45) is 9.43. The summed E-state index contributed by atoms with van der Waals surface area (Å²) in [6, 6.07) is 1.58. The fourth-order valence-corrected chi connectivity index (χ4v) is 2.77. The Morgan fingerprint density at radius 1 is 1.45 bits per heavy atom. The molecule has 0 aliphatic heterocycles. The third kappa shape index (κ3) is 3.62. The van der Waals surface area contributed by atoms with Crippen molar-refractivity contribution in [2.45, 2.75) is 38.5 Å². The van der Waals surface area contributed by atoms with E-state index in [0.717, 1.165) is 18.9 Å². The number of rotatable bonds is 5. The van der Waals surface area contributed by atoms with Crippen molar-refractivity contribution in [3.63, 3.8) is 0 Å². The number of nitrogens with one attached hydrogen (secondary N) is 1. The molecule has 1 heterocycles. The van der Waals surface area contributed by atoms with E-state index < -0.39 is 5.97 Å². The van der Waals surface area contributed by atoms with Gasteiger partial charge in [0, 0.05) is 12.7 Å². The van der Waals surface area contributed by atoms with Crippen LogP contribution in [0.5, 0.6) is 0 Å². The molecule has 3 N–H and O–H groups in total. The molecule has 1 fully saturated rings. The molecule has 20 heavy (non-hydrogen) atoms. The predicted octanol–water partition coefficient (Wildman–Crippen LogP) is 2.83. The lowest BCUT2D eigenvalue weighted by molar-refractivity contribution is 0.0602. The van der Waals surface area contributed by atoms with Crippen LogP contribution in [0.3, 0.4) is 0 Å². The minimum absolute atomic E-state index is 0.364. The van der Waals surface area contributed by atoms with E-state index in [1.165, 1.54) is 39.2 Å². The first kappa shape index (κ1) is 14.6. The Morgan fingerprint density at radius 3 is 2.90 bits per heavy atom. The lowest BCUT2D eigenvalue weighted by Crippen LogP contribution is -2.15. The number of hydrogen-bond acceptors (Lipinski definition) is 5. The first-order valence-electron chi connectivity index (χ1n) is 7.29. The molecular weight excluding hydrogens is 254 g/mol. The van der Waals surface area contributed by atoms with Gasteiger partial charge in [-0.25, -0.2) is 9.78 Å². The number of carbonyl (C=O) groups excluding carboxylic acids is 1. The standard InChI is InChI=1S/C15H23N3O2/c1-20-15(19)12-8-10-18-14(13(12)16)17-9-7-11-5-3-2-4-6-11/h8,10-11H,2-7,9,16H2,1H3,(H,17,18). The molecule has 5 heteroatoms. The van der Waals surface area contributed by atoms with Crippen LogP contribution in [-0.4, -0.2) is 24.6 Å². The maximum absolute atomic E-state index is 11.5. The van der Waals surface area contributed by atoms with Gasteiger partial charge in [-0.2, -0.15) is 0 Å². The molecule has 1 aliphatic rings. The molecule has 110 valence electrons. The number of nitrogens with zero attached hydrogens (tertiary/aromatic N) is 1. The second-order valence-electron chi connectivity index (χ2n) is 5.33. The predicted molar refractivity (Wildman–Crippen MR) is 79.7 cm³/mol. The van der Waals surface area contributed by atoms with Crippen LogP contribution in [0.15, 0.2) is 12.3 Å². The number of nitrogen functional groups attached to an aromatic ring is 1. The van der Waals surface area contributed by atoms with Gasteiger partial charge < -0.3 is 15.8 Å². The first-order valence-corrected chi connectivity index (χ1v) is 7.29. The molecule has 0 saturated heterocycles. The summed E-state index contributed by atoms with van der Waals surface area (Å²) in [4.78, 5) is 15.7. The highest BCUT2D eigenvalue weighted by molar-refractivity contribution is 5.97. The molecule has 1 aromatic rings. The summed E-state index contributed by atoms with van der Waals surface area (Å²) in [6.45, 7) is 0.840. The third-order valence-electron chi connectivity index (χ3n) is 3.97. The van der Waals surface area contributed by atoms with Crippen molar-refractivity contribution in [3.8, 4) is 0 Å². The molecule has 0 unspecified atom stereocenters. The average molecular weight is 277 g/mol. The Hall–Kier alpha value is -1.78. The molecule has 0 aromatic carbocycles. The van der Waals surface area contributed by atoms with Crippen LogP contribution in [0.25, 0.3) is 0 Å². The first-order chi connectivity index (χ1) is 9.72. The van der Waals surface area contributed by atoms with Crippen molar-refractivity contribution in [2.75, 3.05) is 24.7 Å². The van der Waals surface area contributed by atoms with Crippen molar-refractivity contribution < 1.29 is 9.53 Å². The second kappa shape index (κ2) is 7.12. The molecule has 2 rings (SSSR count). The molecule has 1 saturated carbocycles. The molecule has 0 spiro atoms. The minimum Gasteiger partial charge on any atom is -0.465 e. The van der Waals surface area contributed by atoms with E-state index >= 15 is 0 Å². The van der Waals surface area contributed by atoms with Crippen molar-refractivity contribution in [3.05, 3.63) is 17.8 Å². The van der Waals surface area contributed by atoms with Crippen LogP contribution >= 0.6 is 0 Å². The fraction of sp³-hybridized carbons (Fsp3) is 0.600. The van der Waals surface area contributed by atoms with Gasteiger partial charge in [-0.05, 0) is 18.4 Å². The lowest BCUT2D eigenvalue weighted by atomic mass is 9.87. The molecular formula is C15H23N3O2. The van der Waals surface area contributed by atoms with Crippen molar-refractivity contribution in [1.29, 1.82) is 0 Å². The number of methoxy groups -OCH3 is 1. The normalized spacial score (nSPS) is 15.8. The molecule has 1 aromatic heterocycles. The number of aromatic nitrogens is 1. The SMILES string of the molecule is COC(=O)c1ccnc(NCCC2CCCCC2)c1N. The van der Waals surface area contributed by atoms with Gasteiger partial charge in [-0.15, -0.1) is 0 Å². The van der Waals surface area contributed by atoms with E-state index in [4.69, 9.17) is 10.5 Å². The third-order valence-corrected chi connectivity index (χ3v) is 3.97. The van der Waals surface area contributed by atoms with Crippen LogP contribution in [-0.2, 0) is 4.74 Å². The minimum atomic E-state index is -0.430. The van der Waals surface area contributed by atoms with Gasteiger partial charge in [-0.1, -0.05) is 32.1 Å². The number of hydrogen-bond donors (Lipinski definition) is 2. The van der Waals surface area contributed by atoms with Gasteiger partial charge in [0.1, 0.15) is 5.82 Å². The van der Waals surface area contributed by atoms with E-state index in [-0.39, 0.29) is 0 Å². The number of ether oxygens (including phenoxy) is 1. The number of nitrogens with two attached hydrogens (primary N) is 1. The Bertz CT molecular complexity index is 456. The van der Waals surface area contributed by atoms with Crippen molar-refractivity contribution in [1.82, 2.24) is 4.98 Å². The molecule has 0 amide bonds. The Balaban J connectivity index is 1.90. The van der Waals surface area contributed by atoms with Crippen molar-refractivity contribution >= 4 is 17.5 Å². The van der Waals surface area contributed by atoms with Gasteiger partial charge in [0.25, 0.3) is 0 Å². The Morgan fingerprint density at radius 2 is 2.20 bits per heavy atom. The summed E-state index contributed by atoms with van der Waals surface area (Å²) in [5, 5.41) is 3.24. The maximum atomic E-state index is 11.5. The summed E-state index contributed by atoms with van der Waals surface area (Å²) in [7, 11) is 1.35. The number of carbonyl (C=O) groups is 1. The summed E-state index contributed by atoms with van der Waals surface area (Å²) in [5.74, 6) is 0.949. The maximum Gasteiger partial charge on any atom is 0.340 e. The summed E-state index contributed by atoms with van der Waals surface area (Å²) < 4.78 is 4.70. The Kier molecular flexibility index (Phi) is 5.21. The van der Waals surface area contributed by atoms with Gasteiger partial charge in [0.05, 0.1) is 18.4 Å². The average Bonchev–Trinajstić information content (AvgIpc) is 2.49. The van der Waals surface area contributed by atoms with E-state index in [9.17, 15) is 4.79 Å². The van der Waals surface area contributed by atoms with Crippen LogP contribution in [0.2, 0.25) is 0 Å².